The van der Waals surface area contributed by atoms with Crippen LogP contribution in [0.15, 0.2) is 72.8 Å². The van der Waals surface area contributed by atoms with Gasteiger partial charge in [-0.1, -0.05) is 55.5 Å². The highest BCUT2D eigenvalue weighted by Crippen LogP contribution is 2.27. The number of hydrogen-bond donors (Lipinski definition) is 1. The largest absolute Gasteiger partial charge is 0.351 e. The van der Waals surface area contributed by atoms with Gasteiger partial charge >= 0.3 is 0 Å². The van der Waals surface area contributed by atoms with Gasteiger partial charge in [-0.15, -0.1) is 0 Å². The number of sulfonamides is 1. The zero-order valence-corrected chi connectivity index (χ0v) is 18.6. The third-order valence-corrected chi connectivity index (χ3v) is 6.18. The Balaban J connectivity index is 1.71. The first-order valence-electron chi connectivity index (χ1n) is 10.0. The number of benzene rings is 3. The molecule has 8 heteroatoms. The molecule has 3 aromatic rings. The molecule has 0 aliphatic carbocycles. The normalized spacial score (nSPS) is 12.2. The van der Waals surface area contributed by atoms with E-state index in [9.17, 15) is 22.0 Å². The van der Waals surface area contributed by atoms with E-state index >= 15 is 0 Å². The van der Waals surface area contributed by atoms with E-state index in [1.807, 2.05) is 37.3 Å². The maximum atomic E-state index is 14.2. The molecule has 0 fully saturated rings. The molecule has 5 nitrogen and oxygen atoms in total. The van der Waals surface area contributed by atoms with Gasteiger partial charge in [0.25, 0.3) is 5.91 Å². The monoisotopic (exact) mass is 458 g/mol. The summed E-state index contributed by atoms with van der Waals surface area (Å²) < 4.78 is 53.4. The van der Waals surface area contributed by atoms with Crippen LogP contribution < -0.4 is 9.62 Å². The highest BCUT2D eigenvalue weighted by molar-refractivity contribution is 7.92. The lowest BCUT2D eigenvalue weighted by atomic mass is 10.0. The highest BCUT2D eigenvalue weighted by atomic mass is 32.2. The lowest BCUT2D eigenvalue weighted by molar-refractivity contribution is 0.0951. The van der Waals surface area contributed by atoms with E-state index < -0.39 is 27.3 Å². The molecule has 0 saturated heterocycles. The van der Waals surface area contributed by atoms with Gasteiger partial charge in [0.1, 0.15) is 5.69 Å². The summed E-state index contributed by atoms with van der Waals surface area (Å²) in [5.41, 5.74) is 1.36. The molecule has 168 valence electrons. The predicted molar refractivity (Wildman–Crippen MR) is 121 cm³/mol. The lowest BCUT2D eigenvalue weighted by Gasteiger charge is -2.23. The Morgan fingerprint density at radius 2 is 1.53 bits per heavy atom. The number of para-hydroxylation sites is 1. The van der Waals surface area contributed by atoms with Crippen LogP contribution >= 0.6 is 0 Å². The number of nitrogens with one attached hydrogen (secondary N) is 1. The summed E-state index contributed by atoms with van der Waals surface area (Å²) in [5, 5.41) is 2.88. The molecule has 32 heavy (non-hydrogen) atoms. The second-order valence-corrected chi connectivity index (χ2v) is 9.47. The van der Waals surface area contributed by atoms with E-state index in [4.69, 9.17) is 0 Å². The molecule has 1 unspecified atom stereocenters. The van der Waals surface area contributed by atoms with Crippen molar-refractivity contribution >= 4 is 21.6 Å². The molecule has 3 rings (SSSR count). The molecule has 0 aromatic heterocycles. The standard InChI is InChI=1S/C24H24F2N2O3S/c1-17(19-7-4-3-5-8-19)15-27-24(29)20-13-11-18(12-14-20)16-28(32(2,30)31)23-21(25)9-6-10-22(23)26/h3-14,17H,15-16H2,1-2H3,(H,27,29). The minimum atomic E-state index is -3.96. The Morgan fingerprint density at radius 1 is 0.938 bits per heavy atom. The summed E-state index contributed by atoms with van der Waals surface area (Å²) in [4.78, 5) is 12.5. The first kappa shape index (κ1) is 23.4. The number of anilines is 1. The molecule has 0 radical (unpaired) electrons. The summed E-state index contributed by atoms with van der Waals surface area (Å²) in [6.07, 6.45) is 0.884. The fourth-order valence-corrected chi connectivity index (χ4v) is 4.15. The minimum absolute atomic E-state index is 0.137. The topological polar surface area (TPSA) is 66.5 Å². The molecule has 0 spiro atoms. The Bertz CT molecular complexity index is 1160. The van der Waals surface area contributed by atoms with Gasteiger partial charge < -0.3 is 5.32 Å². The van der Waals surface area contributed by atoms with Gasteiger partial charge in [0, 0.05) is 12.1 Å². The summed E-state index contributed by atoms with van der Waals surface area (Å²) in [7, 11) is -3.96. The zero-order valence-electron chi connectivity index (χ0n) is 17.8. The van der Waals surface area contributed by atoms with Crippen LogP contribution in [0.2, 0.25) is 0 Å². The maximum absolute atomic E-state index is 14.2. The number of carbonyl (C=O) groups is 1. The Labute approximate surface area is 186 Å². The van der Waals surface area contributed by atoms with Crippen molar-refractivity contribution in [3.05, 3.63) is 101 Å². The van der Waals surface area contributed by atoms with Crippen molar-refractivity contribution in [2.24, 2.45) is 0 Å². The van der Waals surface area contributed by atoms with Gasteiger partial charge in [-0.2, -0.15) is 0 Å². The minimum Gasteiger partial charge on any atom is -0.351 e. The van der Waals surface area contributed by atoms with E-state index in [-0.39, 0.29) is 18.4 Å². The van der Waals surface area contributed by atoms with Crippen molar-refractivity contribution in [1.82, 2.24) is 5.32 Å². The maximum Gasteiger partial charge on any atom is 0.251 e. The van der Waals surface area contributed by atoms with Crippen LogP contribution in [0, 0.1) is 11.6 Å². The Morgan fingerprint density at radius 3 is 2.09 bits per heavy atom. The van der Waals surface area contributed by atoms with Crippen LogP contribution in [0.25, 0.3) is 0 Å². The Hall–Kier alpha value is -3.26. The van der Waals surface area contributed by atoms with Gasteiger partial charge in [-0.05, 0) is 41.3 Å². The lowest BCUT2D eigenvalue weighted by Crippen LogP contribution is -2.31. The average Bonchev–Trinajstić information content (AvgIpc) is 2.76. The molecule has 1 atom stereocenters. The van der Waals surface area contributed by atoms with Gasteiger partial charge in [-0.25, -0.2) is 17.2 Å². The Kier molecular flexibility index (Phi) is 7.25. The molecule has 1 amide bonds. The first-order valence-corrected chi connectivity index (χ1v) is 11.9. The number of amides is 1. The van der Waals surface area contributed by atoms with Crippen LogP contribution in [0.5, 0.6) is 0 Å². The number of nitrogens with zero attached hydrogens (tertiary/aromatic N) is 1. The molecule has 1 N–H and O–H groups in total. The number of hydrogen-bond acceptors (Lipinski definition) is 3. The molecule has 3 aromatic carbocycles. The summed E-state index contributed by atoms with van der Waals surface area (Å²) in [6.45, 7) is 2.20. The van der Waals surface area contributed by atoms with E-state index in [1.165, 1.54) is 6.07 Å². The van der Waals surface area contributed by atoms with Crippen LogP contribution in [0.1, 0.15) is 34.3 Å². The molecular formula is C24H24F2N2O3S. The molecule has 0 saturated carbocycles. The van der Waals surface area contributed by atoms with Crippen molar-refractivity contribution in [1.29, 1.82) is 0 Å². The second-order valence-electron chi connectivity index (χ2n) is 7.56. The number of halogens is 2. The van der Waals surface area contributed by atoms with Crippen molar-refractivity contribution in [2.45, 2.75) is 19.4 Å². The van der Waals surface area contributed by atoms with Crippen LogP contribution in [-0.4, -0.2) is 27.1 Å². The molecule has 0 aliphatic heterocycles. The SMILES string of the molecule is CC(CNC(=O)c1ccc(CN(c2c(F)cccc2F)S(C)(=O)=O)cc1)c1ccccc1. The smallest absolute Gasteiger partial charge is 0.251 e. The number of carbonyl (C=O) groups excluding carboxylic acids is 1. The second kappa shape index (κ2) is 9.91. The molecule has 0 aliphatic rings. The van der Waals surface area contributed by atoms with Crippen molar-refractivity contribution in [3.8, 4) is 0 Å². The van der Waals surface area contributed by atoms with E-state index in [0.717, 1.165) is 24.0 Å². The fraction of sp³-hybridized carbons (Fsp3) is 0.208. The summed E-state index contributed by atoms with van der Waals surface area (Å²) >= 11 is 0. The van der Waals surface area contributed by atoms with Crippen molar-refractivity contribution < 1.29 is 22.0 Å². The quantitative estimate of drug-likeness (QED) is 0.542. The van der Waals surface area contributed by atoms with Crippen LogP contribution in [0.4, 0.5) is 14.5 Å². The predicted octanol–water partition coefficient (Wildman–Crippen LogP) is 4.46. The summed E-state index contributed by atoms with van der Waals surface area (Å²) in [6, 6.07) is 19.2. The van der Waals surface area contributed by atoms with Gasteiger partial charge in [0.2, 0.25) is 10.0 Å². The van der Waals surface area contributed by atoms with Gasteiger partial charge in [0.05, 0.1) is 12.8 Å². The van der Waals surface area contributed by atoms with Crippen LogP contribution in [0.3, 0.4) is 0 Å². The third-order valence-electron chi connectivity index (χ3n) is 5.07. The average molecular weight is 459 g/mol. The molecular weight excluding hydrogens is 434 g/mol. The fourth-order valence-electron chi connectivity index (χ4n) is 3.26. The van der Waals surface area contributed by atoms with Gasteiger partial charge in [0.15, 0.2) is 11.6 Å². The van der Waals surface area contributed by atoms with Crippen molar-refractivity contribution in [3.63, 3.8) is 0 Å². The first-order chi connectivity index (χ1) is 15.2. The summed E-state index contributed by atoms with van der Waals surface area (Å²) in [5.74, 6) is -2.07. The van der Waals surface area contributed by atoms with Gasteiger partial charge in [-0.3, -0.25) is 9.10 Å². The highest BCUT2D eigenvalue weighted by Gasteiger charge is 2.24. The molecule has 0 bridgehead atoms. The zero-order chi connectivity index (χ0) is 23.3. The van der Waals surface area contributed by atoms with E-state index in [1.54, 1.807) is 24.3 Å². The third kappa shape index (κ3) is 5.70. The van der Waals surface area contributed by atoms with Crippen molar-refractivity contribution in [2.75, 3.05) is 17.1 Å². The molecule has 0 heterocycles. The van der Waals surface area contributed by atoms with E-state index in [0.29, 0.717) is 22.0 Å². The van der Waals surface area contributed by atoms with E-state index in [2.05, 4.69) is 5.32 Å². The van der Waals surface area contributed by atoms with Crippen LogP contribution in [-0.2, 0) is 16.6 Å². The number of rotatable bonds is 8.